The van der Waals surface area contributed by atoms with Crippen LogP contribution in [0.5, 0.6) is 0 Å². The van der Waals surface area contributed by atoms with Crippen LogP contribution < -0.4 is 11.1 Å². The molecule has 0 aliphatic rings. The lowest BCUT2D eigenvalue weighted by Gasteiger charge is -2.30. The SMILES string of the molecule is CC(C)Cc1cc(C(C)(C)C)cc(C(C)(C)C)c1CCC(=O)NCCCCCN. The molecule has 1 aromatic carbocycles. The Morgan fingerprint density at radius 2 is 1.66 bits per heavy atom. The quantitative estimate of drug-likeness (QED) is 0.496. The second-order valence-electron chi connectivity index (χ2n) is 11.0. The van der Waals surface area contributed by atoms with Gasteiger partial charge in [-0.1, -0.05) is 73.9 Å². The minimum atomic E-state index is 0.0566. The molecule has 3 N–H and O–H groups in total. The fourth-order valence-electron chi connectivity index (χ4n) is 3.75. The Bertz CT molecular complexity index is 648. The minimum absolute atomic E-state index is 0.0566. The molecule has 0 fully saturated rings. The largest absolute Gasteiger partial charge is 0.356 e. The monoisotopic (exact) mass is 402 g/mol. The summed E-state index contributed by atoms with van der Waals surface area (Å²) in [5, 5.41) is 3.09. The minimum Gasteiger partial charge on any atom is -0.356 e. The number of amides is 1. The summed E-state index contributed by atoms with van der Waals surface area (Å²) >= 11 is 0. The van der Waals surface area contributed by atoms with E-state index >= 15 is 0 Å². The molecule has 1 rings (SSSR count). The van der Waals surface area contributed by atoms with E-state index in [1.54, 1.807) is 0 Å². The smallest absolute Gasteiger partial charge is 0.220 e. The molecule has 3 heteroatoms. The van der Waals surface area contributed by atoms with Gasteiger partial charge in [-0.25, -0.2) is 0 Å². The van der Waals surface area contributed by atoms with E-state index in [0.29, 0.717) is 12.3 Å². The molecule has 1 aromatic rings. The molecule has 0 aliphatic carbocycles. The zero-order valence-electron chi connectivity index (χ0n) is 20.4. The first kappa shape index (κ1) is 25.7. The van der Waals surface area contributed by atoms with Gasteiger partial charge in [0, 0.05) is 13.0 Å². The van der Waals surface area contributed by atoms with Crippen molar-refractivity contribution < 1.29 is 4.79 Å². The summed E-state index contributed by atoms with van der Waals surface area (Å²) in [6.45, 7) is 19.7. The van der Waals surface area contributed by atoms with Gasteiger partial charge in [-0.15, -0.1) is 0 Å². The van der Waals surface area contributed by atoms with Gasteiger partial charge in [-0.05, 0) is 71.2 Å². The second-order valence-corrected chi connectivity index (χ2v) is 11.0. The summed E-state index contributed by atoms with van der Waals surface area (Å²) in [5.41, 5.74) is 11.3. The van der Waals surface area contributed by atoms with Gasteiger partial charge in [0.05, 0.1) is 0 Å². The van der Waals surface area contributed by atoms with E-state index in [0.717, 1.165) is 45.2 Å². The van der Waals surface area contributed by atoms with Crippen molar-refractivity contribution in [2.45, 2.75) is 105 Å². The first-order chi connectivity index (χ1) is 13.4. The standard InChI is InChI=1S/C26H46N2O/c1-19(2)16-20-17-21(25(3,4)5)18-23(26(6,7)8)22(20)12-13-24(29)28-15-11-9-10-14-27/h17-19H,9-16,27H2,1-8H3,(H,28,29). The number of hydrogen-bond donors (Lipinski definition) is 2. The molecular weight excluding hydrogens is 356 g/mol. The number of hydrogen-bond acceptors (Lipinski definition) is 2. The summed E-state index contributed by atoms with van der Waals surface area (Å²) in [5.74, 6) is 0.751. The molecule has 0 atom stereocenters. The number of benzene rings is 1. The van der Waals surface area contributed by atoms with Gasteiger partial charge in [0.1, 0.15) is 0 Å². The molecule has 0 unspecified atom stereocenters. The maximum Gasteiger partial charge on any atom is 0.220 e. The van der Waals surface area contributed by atoms with Crippen LogP contribution in [0.25, 0.3) is 0 Å². The van der Waals surface area contributed by atoms with E-state index in [1.807, 2.05) is 0 Å². The maximum atomic E-state index is 12.4. The van der Waals surface area contributed by atoms with Gasteiger partial charge < -0.3 is 11.1 Å². The lowest BCUT2D eigenvalue weighted by molar-refractivity contribution is -0.121. The van der Waals surface area contributed by atoms with Crippen molar-refractivity contribution in [2.75, 3.05) is 13.1 Å². The van der Waals surface area contributed by atoms with Crippen molar-refractivity contribution in [3.8, 4) is 0 Å². The molecule has 29 heavy (non-hydrogen) atoms. The first-order valence-corrected chi connectivity index (χ1v) is 11.5. The fraction of sp³-hybridized carbons (Fsp3) is 0.731. The molecule has 0 saturated heterocycles. The molecule has 0 aliphatic heterocycles. The van der Waals surface area contributed by atoms with Crippen molar-refractivity contribution in [1.82, 2.24) is 5.32 Å². The van der Waals surface area contributed by atoms with Gasteiger partial charge in [0.2, 0.25) is 5.91 Å². The Balaban J connectivity index is 3.08. The summed E-state index contributed by atoms with van der Waals surface area (Å²) in [7, 11) is 0. The highest BCUT2D eigenvalue weighted by Crippen LogP contribution is 2.35. The average molecular weight is 403 g/mol. The normalized spacial score (nSPS) is 12.5. The van der Waals surface area contributed by atoms with Crippen LogP contribution in [0.4, 0.5) is 0 Å². The highest BCUT2D eigenvalue weighted by molar-refractivity contribution is 5.76. The van der Waals surface area contributed by atoms with Gasteiger partial charge >= 0.3 is 0 Å². The van der Waals surface area contributed by atoms with Crippen LogP contribution in [0.15, 0.2) is 12.1 Å². The fourth-order valence-corrected chi connectivity index (χ4v) is 3.75. The van der Waals surface area contributed by atoms with E-state index < -0.39 is 0 Å². The molecule has 0 heterocycles. The Morgan fingerprint density at radius 3 is 2.17 bits per heavy atom. The van der Waals surface area contributed by atoms with Crippen LogP contribution in [0.1, 0.15) is 103 Å². The third-order valence-corrected chi connectivity index (χ3v) is 5.45. The Labute approximate surface area is 180 Å². The zero-order valence-corrected chi connectivity index (χ0v) is 20.4. The highest BCUT2D eigenvalue weighted by atomic mass is 16.1. The Hall–Kier alpha value is -1.35. The van der Waals surface area contributed by atoms with E-state index in [4.69, 9.17) is 5.73 Å². The third kappa shape index (κ3) is 8.90. The number of carbonyl (C=O) groups is 1. The predicted molar refractivity (Wildman–Crippen MR) is 127 cm³/mol. The molecule has 0 saturated carbocycles. The molecular formula is C26H46N2O. The molecule has 3 nitrogen and oxygen atoms in total. The summed E-state index contributed by atoms with van der Waals surface area (Å²) in [6.07, 6.45) is 5.55. The van der Waals surface area contributed by atoms with E-state index in [9.17, 15) is 4.79 Å². The van der Waals surface area contributed by atoms with Crippen molar-refractivity contribution >= 4 is 5.91 Å². The molecule has 0 radical (unpaired) electrons. The van der Waals surface area contributed by atoms with E-state index in [2.05, 4.69) is 72.8 Å². The molecule has 0 aromatic heterocycles. The molecule has 0 spiro atoms. The van der Waals surface area contributed by atoms with Gasteiger partial charge in [-0.2, -0.15) is 0 Å². The van der Waals surface area contributed by atoms with Gasteiger partial charge in [0.25, 0.3) is 0 Å². The van der Waals surface area contributed by atoms with Crippen molar-refractivity contribution in [2.24, 2.45) is 11.7 Å². The number of unbranched alkanes of at least 4 members (excludes halogenated alkanes) is 2. The highest BCUT2D eigenvalue weighted by Gasteiger charge is 2.25. The van der Waals surface area contributed by atoms with Crippen molar-refractivity contribution in [1.29, 1.82) is 0 Å². The maximum absolute atomic E-state index is 12.4. The van der Waals surface area contributed by atoms with Gasteiger partial charge in [-0.3, -0.25) is 4.79 Å². The van der Waals surface area contributed by atoms with Crippen molar-refractivity contribution in [3.05, 3.63) is 34.4 Å². The topological polar surface area (TPSA) is 55.1 Å². The average Bonchev–Trinajstić information content (AvgIpc) is 2.57. The van der Waals surface area contributed by atoms with Crippen molar-refractivity contribution in [3.63, 3.8) is 0 Å². The molecule has 0 bridgehead atoms. The number of rotatable bonds is 10. The Morgan fingerprint density at radius 1 is 1.00 bits per heavy atom. The van der Waals surface area contributed by atoms with E-state index in [1.165, 1.54) is 22.3 Å². The number of nitrogens with one attached hydrogen (secondary N) is 1. The first-order valence-electron chi connectivity index (χ1n) is 11.5. The lowest BCUT2D eigenvalue weighted by Crippen LogP contribution is -2.26. The number of carbonyl (C=O) groups excluding carboxylic acids is 1. The zero-order chi connectivity index (χ0) is 22.2. The van der Waals surface area contributed by atoms with Crippen LogP contribution in [0.2, 0.25) is 0 Å². The van der Waals surface area contributed by atoms with Gasteiger partial charge in [0.15, 0.2) is 0 Å². The van der Waals surface area contributed by atoms with Crippen LogP contribution in [-0.4, -0.2) is 19.0 Å². The lowest BCUT2D eigenvalue weighted by atomic mass is 9.75. The third-order valence-electron chi connectivity index (χ3n) is 5.45. The summed E-state index contributed by atoms with van der Waals surface area (Å²) < 4.78 is 0. The predicted octanol–water partition coefficient (Wildman–Crippen LogP) is 5.66. The molecule has 1 amide bonds. The van der Waals surface area contributed by atoms with Crippen LogP contribution in [0, 0.1) is 5.92 Å². The van der Waals surface area contributed by atoms with Crippen LogP contribution in [0.3, 0.4) is 0 Å². The summed E-state index contributed by atoms with van der Waals surface area (Å²) in [4.78, 5) is 12.4. The second kappa shape index (κ2) is 11.2. The Kier molecular flexibility index (Phi) is 9.88. The van der Waals surface area contributed by atoms with Crippen LogP contribution >= 0.6 is 0 Å². The summed E-state index contributed by atoms with van der Waals surface area (Å²) in [6, 6.07) is 4.79. The van der Waals surface area contributed by atoms with Crippen LogP contribution in [-0.2, 0) is 28.5 Å². The number of nitrogens with two attached hydrogens (primary N) is 1. The van der Waals surface area contributed by atoms with E-state index in [-0.39, 0.29) is 16.7 Å². The molecule has 166 valence electrons.